The predicted molar refractivity (Wildman–Crippen MR) is 65.5 cm³/mol. The average Bonchev–Trinajstić information content (AvgIpc) is 2.28. The van der Waals surface area contributed by atoms with Crippen LogP contribution in [0.15, 0.2) is 6.07 Å². The second kappa shape index (κ2) is 4.89. The lowest BCUT2D eigenvalue weighted by molar-refractivity contribution is -0.145. The van der Waals surface area contributed by atoms with Gasteiger partial charge in [-0.15, -0.1) is 0 Å². The molecule has 0 saturated carbocycles. The van der Waals surface area contributed by atoms with Gasteiger partial charge in [-0.1, -0.05) is 0 Å². The third-order valence-corrected chi connectivity index (χ3v) is 3.09. The first-order valence-corrected chi connectivity index (χ1v) is 5.93. The van der Waals surface area contributed by atoms with Crippen LogP contribution < -0.4 is 5.32 Å². The fourth-order valence-electron chi connectivity index (χ4n) is 2.14. The summed E-state index contributed by atoms with van der Waals surface area (Å²) in [5, 5.41) is 12.5. The summed E-state index contributed by atoms with van der Waals surface area (Å²) in [5.74, 6) is 0.328. The maximum atomic E-state index is 11.5. The minimum atomic E-state index is -0.981. The number of nitrogens with zero attached hydrogens (tertiary/aromatic N) is 2. The van der Waals surface area contributed by atoms with E-state index in [1.54, 1.807) is 13.0 Å². The zero-order valence-electron chi connectivity index (χ0n) is 10.6. The molecule has 6 nitrogen and oxygen atoms in total. The number of anilines is 1. The van der Waals surface area contributed by atoms with Crippen LogP contribution in [0.3, 0.4) is 0 Å². The molecule has 0 spiro atoms. The first-order chi connectivity index (χ1) is 8.52. The van der Waals surface area contributed by atoms with Crippen LogP contribution in [0.1, 0.15) is 24.4 Å². The van der Waals surface area contributed by atoms with E-state index in [-0.39, 0.29) is 0 Å². The summed E-state index contributed by atoms with van der Waals surface area (Å²) in [6, 6.07) is 1.76. The zero-order valence-corrected chi connectivity index (χ0v) is 10.6. The van der Waals surface area contributed by atoms with Crippen molar-refractivity contribution in [2.24, 2.45) is 0 Å². The third kappa shape index (κ3) is 2.59. The van der Waals surface area contributed by atoms with Crippen LogP contribution >= 0.6 is 0 Å². The van der Waals surface area contributed by atoms with Crippen LogP contribution in [0.5, 0.6) is 0 Å². The van der Waals surface area contributed by atoms with E-state index in [1.807, 2.05) is 6.92 Å². The Morgan fingerprint density at radius 3 is 2.61 bits per heavy atom. The second-order valence-electron chi connectivity index (χ2n) is 4.57. The van der Waals surface area contributed by atoms with Crippen molar-refractivity contribution in [2.75, 3.05) is 18.5 Å². The molecule has 6 heteroatoms. The van der Waals surface area contributed by atoms with Gasteiger partial charge in [0.1, 0.15) is 17.2 Å². The molecule has 18 heavy (non-hydrogen) atoms. The maximum absolute atomic E-state index is 11.5. The number of hydrogen-bond donors (Lipinski definition) is 2. The predicted octanol–water partition coefficient (Wildman–Crippen LogP) is 1.14. The number of carboxylic acids is 1. The minimum absolute atomic E-state index is 0.435. The van der Waals surface area contributed by atoms with Gasteiger partial charge >= 0.3 is 5.97 Å². The highest BCUT2D eigenvalue weighted by Gasteiger charge is 2.40. The highest BCUT2D eigenvalue weighted by molar-refractivity contribution is 5.82. The second-order valence-corrected chi connectivity index (χ2v) is 4.57. The summed E-state index contributed by atoms with van der Waals surface area (Å²) in [7, 11) is 0. The van der Waals surface area contributed by atoms with E-state index < -0.39 is 11.5 Å². The van der Waals surface area contributed by atoms with Crippen molar-refractivity contribution >= 4 is 11.8 Å². The normalized spacial score (nSPS) is 18.3. The fraction of sp³-hybridized carbons (Fsp3) is 0.583. The summed E-state index contributed by atoms with van der Waals surface area (Å²) < 4.78 is 5.22. The van der Waals surface area contributed by atoms with Gasteiger partial charge in [-0.25, -0.2) is 14.8 Å². The number of ether oxygens (including phenoxy) is 1. The van der Waals surface area contributed by atoms with Gasteiger partial charge in [-0.2, -0.15) is 0 Å². The van der Waals surface area contributed by atoms with Crippen molar-refractivity contribution in [2.45, 2.75) is 32.2 Å². The van der Waals surface area contributed by atoms with Gasteiger partial charge in [0, 0.05) is 37.8 Å². The van der Waals surface area contributed by atoms with Gasteiger partial charge in [-0.3, -0.25) is 0 Å². The molecule has 0 amide bonds. The van der Waals surface area contributed by atoms with Crippen molar-refractivity contribution in [1.82, 2.24) is 9.97 Å². The fourth-order valence-corrected chi connectivity index (χ4v) is 2.14. The average molecular weight is 251 g/mol. The Labute approximate surface area is 105 Å². The van der Waals surface area contributed by atoms with Crippen molar-refractivity contribution in [3.05, 3.63) is 17.6 Å². The lowest BCUT2D eigenvalue weighted by Gasteiger charge is -2.34. The number of hydrogen-bond acceptors (Lipinski definition) is 5. The van der Waals surface area contributed by atoms with Gasteiger partial charge in [-0.05, 0) is 13.8 Å². The van der Waals surface area contributed by atoms with E-state index in [9.17, 15) is 9.90 Å². The van der Waals surface area contributed by atoms with Crippen molar-refractivity contribution in [3.8, 4) is 0 Å². The Kier molecular flexibility index (Phi) is 3.47. The van der Waals surface area contributed by atoms with Gasteiger partial charge in [0.25, 0.3) is 0 Å². The highest BCUT2D eigenvalue weighted by atomic mass is 16.5. The summed E-state index contributed by atoms with van der Waals surface area (Å²) in [6.45, 7) is 4.54. The number of aryl methyl sites for hydroxylation is 2. The molecule has 2 N–H and O–H groups in total. The Bertz CT molecular complexity index is 436. The minimum Gasteiger partial charge on any atom is -0.480 e. The lowest BCUT2D eigenvalue weighted by Crippen LogP contribution is -2.50. The molecule has 1 aliphatic heterocycles. The molecule has 2 rings (SSSR count). The van der Waals surface area contributed by atoms with E-state index in [4.69, 9.17) is 4.74 Å². The lowest BCUT2D eigenvalue weighted by atomic mass is 9.90. The maximum Gasteiger partial charge on any atom is 0.329 e. The summed E-state index contributed by atoms with van der Waals surface area (Å²) >= 11 is 0. The van der Waals surface area contributed by atoms with Crippen LogP contribution in [0.4, 0.5) is 5.82 Å². The third-order valence-electron chi connectivity index (χ3n) is 3.09. The van der Waals surface area contributed by atoms with E-state index in [1.165, 1.54) is 0 Å². The number of aromatic nitrogens is 2. The van der Waals surface area contributed by atoms with Gasteiger partial charge in [0.2, 0.25) is 0 Å². The van der Waals surface area contributed by atoms with E-state index in [0.29, 0.717) is 37.7 Å². The molecule has 1 aromatic rings. The Morgan fingerprint density at radius 2 is 2.06 bits per heavy atom. The van der Waals surface area contributed by atoms with Crippen molar-refractivity contribution in [1.29, 1.82) is 0 Å². The summed E-state index contributed by atoms with van der Waals surface area (Å²) in [6.07, 6.45) is 0.870. The van der Waals surface area contributed by atoms with Crippen molar-refractivity contribution in [3.63, 3.8) is 0 Å². The zero-order chi connectivity index (χ0) is 13.2. The molecule has 2 heterocycles. The van der Waals surface area contributed by atoms with Crippen LogP contribution in [-0.2, 0) is 9.53 Å². The Balaban J connectivity index is 2.25. The topological polar surface area (TPSA) is 84.3 Å². The number of carboxylic acid groups (broad SMARTS) is 1. The van der Waals surface area contributed by atoms with E-state index >= 15 is 0 Å². The monoisotopic (exact) mass is 251 g/mol. The van der Waals surface area contributed by atoms with Crippen LogP contribution in [-0.4, -0.2) is 39.8 Å². The number of carbonyl (C=O) groups is 1. The number of rotatable bonds is 3. The van der Waals surface area contributed by atoms with Crippen LogP contribution in [0, 0.1) is 13.8 Å². The van der Waals surface area contributed by atoms with Crippen LogP contribution in [0.2, 0.25) is 0 Å². The standard InChI is InChI=1S/C12H17N3O3/c1-8-7-10(14-9(2)13-8)15-12(11(16)17)3-5-18-6-4-12/h7H,3-6H2,1-2H3,(H,16,17)(H,13,14,15). The molecule has 0 unspecified atom stereocenters. The Morgan fingerprint density at radius 1 is 1.39 bits per heavy atom. The molecule has 98 valence electrons. The molecule has 1 fully saturated rings. The molecular formula is C12H17N3O3. The van der Waals surface area contributed by atoms with Gasteiger partial charge in [0.15, 0.2) is 0 Å². The highest BCUT2D eigenvalue weighted by Crippen LogP contribution is 2.25. The molecule has 0 aliphatic carbocycles. The molecule has 1 aliphatic rings. The quantitative estimate of drug-likeness (QED) is 0.838. The van der Waals surface area contributed by atoms with Gasteiger partial charge in [0.05, 0.1) is 0 Å². The van der Waals surface area contributed by atoms with E-state index in [2.05, 4.69) is 15.3 Å². The van der Waals surface area contributed by atoms with Crippen LogP contribution in [0.25, 0.3) is 0 Å². The SMILES string of the molecule is Cc1cc(NC2(C(=O)O)CCOCC2)nc(C)n1. The molecule has 1 saturated heterocycles. The van der Waals surface area contributed by atoms with E-state index in [0.717, 1.165) is 5.69 Å². The first kappa shape index (κ1) is 12.8. The smallest absolute Gasteiger partial charge is 0.329 e. The molecule has 0 aromatic carbocycles. The van der Waals surface area contributed by atoms with Crippen molar-refractivity contribution < 1.29 is 14.6 Å². The largest absolute Gasteiger partial charge is 0.480 e. The molecule has 0 bridgehead atoms. The Hall–Kier alpha value is -1.69. The number of aliphatic carboxylic acids is 1. The number of nitrogens with one attached hydrogen (secondary N) is 1. The summed E-state index contributed by atoms with van der Waals surface area (Å²) in [4.78, 5) is 19.9. The first-order valence-electron chi connectivity index (χ1n) is 5.93. The molecule has 1 aromatic heterocycles. The molecule has 0 radical (unpaired) electrons. The summed E-state index contributed by atoms with van der Waals surface area (Å²) in [5.41, 5.74) is -0.163. The van der Waals surface area contributed by atoms with Gasteiger partial charge < -0.3 is 15.2 Å². The molecular weight excluding hydrogens is 234 g/mol. The molecule has 0 atom stereocenters.